The van der Waals surface area contributed by atoms with Gasteiger partial charge in [-0.3, -0.25) is 19.2 Å². The summed E-state index contributed by atoms with van der Waals surface area (Å²) in [5, 5.41) is 11.5. The average molecular weight is 633 g/mol. The first kappa shape index (κ1) is 30.6. The Hall–Kier alpha value is -6.02. The molecule has 0 saturated heterocycles. The van der Waals surface area contributed by atoms with Crippen LogP contribution in [-0.4, -0.2) is 58.9 Å². The van der Waals surface area contributed by atoms with E-state index in [-0.39, 0.29) is 23.4 Å². The maximum absolute atomic E-state index is 13.2. The van der Waals surface area contributed by atoms with Crippen molar-refractivity contribution in [1.82, 2.24) is 10.0 Å². The molecule has 2 spiro atoms. The lowest BCUT2D eigenvalue weighted by Crippen LogP contribution is -2.46. The molecule has 2 aliphatic carbocycles. The van der Waals surface area contributed by atoms with E-state index in [0.29, 0.717) is 44.8 Å². The highest BCUT2D eigenvalue weighted by molar-refractivity contribution is 6.32. The van der Waals surface area contributed by atoms with Gasteiger partial charge < -0.3 is 0 Å². The highest BCUT2D eigenvalue weighted by Crippen LogP contribution is 2.49. The number of nitrogens with zero attached hydrogens (tertiary/aromatic N) is 4. The molecule has 2 atom stereocenters. The van der Waals surface area contributed by atoms with Gasteiger partial charge in [-0.2, -0.15) is 10.2 Å². The number of fused-ring (bicyclic) bond motifs is 4. The first-order valence-corrected chi connectivity index (χ1v) is 15.6. The number of hydrogen-bond donors (Lipinski definition) is 0. The molecular formula is C40H32N4O4. The molecule has 0 bridgehead atoms. The fraction of sp³-hybridized carbons (Fsp3) is 0.150. The second-order valence-electron chi connectivity index (χ2n) is 12.2. The number of benzene rings is 4. The number of amides is 2. The van der Waals surface area contributed by atoms with Crippen LogP contribution in [0, 0.1) is 0 Å². The van der Waals surface area contributed by atoms with Crippen LogP contribution < -0.4 is 0 Å². The summed E-state index contributed by atoms with van der Waals surface area (Å²) in [6, 6.07) is 33.8. The monoisotopic (exact) mass is 632 g/mol. The van der Waals surface area contributed by atoms with Gasteiger partial charge in [0.25, 0.3) is 11.8 Å². The Balaban J connectivity index is 0.000000152. The summed E-state index contributed by atoms with van der Waals surface area (Å²) in [4.78, 5) is 51.7. The third-order valence-electron chi connectivity index (χ3n) is 9.64. The maximum Gasteiger partial charge on any atom is 0.263 e. The summed E-state index contributed by atoms with van der Waals surface area (Å²) in [5.41, 5.74) is 4.99. The van der Waals surface area contributed by atoms with E-state index in [1.54, 1.807) is 38.4 Å². The van der Waals surface area contributed by atoms with Gasteiger partial charge in [0.1, 0.15) is 10.8 Å². The molecule has 4 aromatic carbocycles. The number of allylic oxidation sites excluding steroid dienone is 2. The van der Waals surface area contributed by atoms with Crippen molar-refractivity contribution in [3.8, 4) is 0 Å². The summed E-state index contributed by atoms with van der Waals surface area (Å²) in [6.45, 7) is 3.70. The van der Waals surface area contributed by atoms with Crippen LogP contribution in [0.1, 0.15) is 56.8 Å². The van der Waals surface area contributed by atoms with E-state index in [1.807, 2.05) is 111 Å². The normalized spacial score (nSPS) is 22.5. The third kappa shape index (κ3) is 4.22. The van der Waals surface area contributed by atoms with Crippen molar-refractivity contribution in [1.29, 1.82) is 0 Å². The molecule has 0 radical (unpaired) electrons. The van der Waals surface area contributed by atoms with E-state index in [0.717, 1.165) is 11.1 Å². The summed E-state index contributed by atoms with van der Waals surface area (Å²) < 4.78 is 0. The molecule has 2 aliphatic heterocycles. The van der Waals surface area contributed by atoms with Gasteiger partial charge in [-0.1, -0.05) is 109 Å². The number of hydrogen-bond acceptors (Lipinski definition) is 6. The van der Waals surface area contributed by atoms with Crippen LogP contribution in [0.2, 0.25) is 0 Å². The van der Waals surface area contributed by atoms with Crippen LogP contribution in [0.15, 0.2) is 132 Å². The number of likely N-dealkylation sites (N-methyl/N-ethyl adjacent to an activating group) is 2. The molecule has 0 aromatic heterocycles. The first-order chi connectivity index (χ1) is 23.1. The molecule has 8 rings (SSSR count). The van der Waals surface area contributed by atoms with Crippen molar-refractivity contribution < 1.29 is 19.2 Å². The van der Waals surface area contributed by atoms with Crippen LogP contribution in [0.5, 0.6) is 0 Å². The Morgan fingerprint density at radius 1 is 0.479 bits per heavy atom. The second kappa shape index (κ2) is 11.3. The molecule has 0 saturated carbocycles. The largest absolute Gasteiger partial charge is 0.289 e. The van der Waals surface area contributed by atoms with Crippen LogP contribution >= 0.6 is 0 Å². The highest BCUT2D eigenvalue weighted by Gasteiger charge is 2.57. The summed E-state index contributed by atoms with van der Waals surface area (Å²) in [5.74, 6) is -0.416. The van der Waals surface area contributed by atoms with Crippen LogP contribution in [0.25, 0.3) is 11.1 Å². The zero-order chi connectivity index (χ0) is 33.8. The van der Waals surface area contributed by atoms with E-state index < -0.39 is 10.8 Å². The van der Waals surface area contributed by atoms with E-state index in [9.17, 15) is 19.2 Å². The molecule has 8 heteroatoms. The smallest absolute Gasteiger partial charge is 0.263 e. The van der Waals surface area contributed by atoms with E-state index in [4.69, 9.17) is 0 Å². The van der Waals surface area contributed by atoms with Gasteiger partial charge >= 0.3 is 0 Å². The van der Waals surface area contributed by atoms with Crippen LogP contribution in [0.3, 0.4) is 0 Å². The van der Waals surface area contributed by atoms with Crippen molar-refractivity contribution in [2.45, 2.75) is 24.7 Å². The summed E-state index contributed by atoms with van der Waals surface area (Å²) >= 11 is 0. The number of rotatable bonds is 2. The number of ketones is 2. The zero-order valence-electron chi connectivity index (χ0n) is 27.0. The molecule has 8 nitrogen and oxygen atoms in total. The Morgan fingerprint density at radius 2 is 0.812 bits per heavy atom. The zero-order valence-corrected chi connectivity index (χ0v) is 27.0. The first-order valence-electron chi connectivity index (χ1n) is 15.6. The third-order valence-corrected chi connectivity index (χ3v) is 9.64. The van der Waals surface area contributed by atoms with Gasteiger partial charge in [-0.15, -0.1) is 0 Å². The predicted octanol–water partition coefficient (Wildman–Crippen LogP) is 6.10. The lowest BCUT2D eigenvalue weighted by atomic mass is 9.64. The van der Waals surface area contributed by atoms with Gasteiger partial charge in [0.05, 0.1) is 11.4 Å². The molecule has 2 amide bonds. The van der Waals surface area contributed by atoms with Crippen LogP contribution in [0.4, 0.5) is 0 Å². The molecule has 0 N–H and O–H groups in total. The molecule has 48 heavy (non-hydrogen) atoms. The minimum Gasteiger partial charge on any atom is -0.289 e. The van der Waals surface area contributed by atoms with E-state index in [1.165, 1.54) is 10.0 Å². The minimum absolute atomic E-state index is 0.0785. The van der Waals surface area contributed by atoms with Crippen molar-refractivity contribution in [2.75, 3.05) is 14.1 Å². The van der Waals surface area contributed by atoms with Gasteiger partial charge in [-0.25, -0.2) is 10.0 Å². The van der Waals surface area contributed by atoms with Crippen molar-refractivity contribution in [2.24, 2.45) is 10.2 Å². The molecule has 4 aromatic rings. The van der Waals surface area contributed by atoms with E-state index >= 15 is 0 Å². The highest BCUT2D eigenvalue weighted by atomic mass is 16.2. The fourth-order valence-corrected chi connectivity index (χ4v) is 7.54. The van der Waals surface area contributed by atoms with E-state index in [2.05, 4.69) is 10.2 Å². The quantitative estimate of drug-likeness (QED) is 0.267. The lowest BCUT2D eigenvalue weighted by Gasteiger charge is -2.35. The van der Waals surface area contributed by atoms with Gasteiger partial charge in [0.15, 0.2) is 11.6 Å². The number of carbonyl (C=O) groups is 4. The molecule has 0 unspecified atom stereocenters. The van der Waals surface area contributed by atoms with Gasteiger partial charge in [0.2, 0.25) is 0 Å². The predicted molar refractivity (Wildman–Crippen MR) is 185 cm³/mol. The average Bonchev–Trinajstić information content (AvgIpc) is 3.47. The maximum atomic E-state index is 13.2. The lowest BCUT2D eigenvalue weighted by molar-refractivity contribution is -0.131. The Morgan fingerprint density at radius 3 is 1.15 bits per heavy atom. The Bertz CT molecular complexity index is 2010. The summed E-state index contributed by atoms with van der Waals surface area (Å²) in [6.07, 6.45) is 3.18. The van der Waals surface area contributed by atoms with Crippen LogP contribution in [-0.2, 0) is 20.4 Å². The molecule has 4 aliphatic rings. The van der Waals surface area contributed by atoms with Gasteiger partial charge in [0, 0.05) is 25.2 Å². The second-order valence-corrected chi connectivity index (χ2v) is 12.2. The summed E-state index contributed by atoms with van der Waals surface area (Å²) in [7, 11) is 3.31. The molecule has 2 heterocycles. The number of carbonyl (C=O) groups excluding carboxylic acids is 4. The Kier molecular flexibility index (Phi) is 7.24. The SMILES string of the molecule is CC1=NN(C)C(=O)[C@@]12C(c1ccccc1)=CC(=O)c1ccccc12.CC1=NN(C)C(=O)[C@]12C(c1ccccc1)=CC(=O)c1ccccc12. The van der Waals surface area contributed by atoms with Crippen molar-refractivity contribution >= 4 is 46.0 Å². The number of hydrazone groups is 2. The topological polar surface area (TPSA) is 99.5 Å². The van der Waals surface area contributed by atoms with Crippen molar-refractivity contribution in [3.63, 3.8) is 0 Å². The molecule has 0 fully saturated rings. The molecule has 236 valence electrons. The van der Waals surface area contributed by atoms with Crippen molar-refractivity contribution in [3.05, 3.63) is 155 Å². The Labute approximate surface area is 278 Å². The molecular weight excluding hydrogens is 600 g/mol. The fourth-order valence-electron chi connectivity index (χ4n) is 7.54. The van der Waals surface area contributed by atoms with Gasteiger partial charge in [-0.05, 0) is 59.4 Å². The minimum atomic E-state index is -1.03. The standard InChI is InChI=1S/2C20H16N2O2/c2*1-13-20(19(24)22(2)21-13)16-11-7-6-10-15(16)18(23)12-17(20)14-8-4-3-5-9-14/h2*3-12H,1-2H3/t2*20-/m10/s1.